The van der Waals surface area contributed by atoms with Crippen LogP contribution in [0.5, 0.6) is 5.75 Å². The second-order valence-corrected chi connectivity index (χ2v) is 1.91. The van der Waals surface area contributed by atoms with Gasteiger partial charge in [0.1, 0.15) is 5.75 Å². The van der Waals surface area contributed by atoms with Gasteiger partial charge in [-0.1, -0.05) is 32.0 Å². The molecule has 0 aliphatic carbocycles. The van der Waals surface area contributed by atoms with Crippen LogP contribution in [0.1, 0.15) is 22.2 Å². The van der Waals surface area contributed by atoms with E-state index in [4.69, 9.17) is 4.74 Å². The van der Waals surface area contributed by atoms with Crippen molar-refractivity contribution in [1.82, 2.24) is 0 Å². The van der Waals surface area contributed by atoms with Crippen molar-refractivity contribution in [3.05, 3.63) is 30.3 Å². The van der Waals surface area contributed by atoms with Gasteiger partial charge in [0.15, 0.2) is 0 Å². The molecular weight excluding hydrogens is 175 g/mol. The number of carbonyl (C=O) groups is 1. The summed E-state index contributed by atoms with van der Waals surface area (Å²) in [6.07, 6.45) is 0. The minimum absolute atomic E-state index is 0. The van der Waals surface area contributed by atoms with Gasteiger partial charge in [-0.3, -0.25) is 4.79 Å². The molecule has 0 radical (unpaired) electrons. The van der Waals surface area contributed by atoms with Gasteiger partial charge in [0.25, 0.3) is 0 Å². The maximum Gasteiger partial charge on any atom is 1.00 e. The summed E-state index contributed by atoms with van der Waals surface area (Å²) in [6, 6.07) is 8.98. The van der Waals surface area contributed by atoms with Crippen molar-refractivity contribution < 1.29 is 40.5 Å². The molecule has 0 aromatic heterocycles. The van der Waals surface area contributed by atoms with E-state index in [1.54, 1.807) is 12.1 Å². The average molecular weight is 190 g/mol. The number of hydrogen-bond donors (Lipinski definition) is 0. The van der Waals surface area contributed by atoms with Crippen LogP contribution in [0.3, 0.4) is 0 Å². The zero-order valence-electron chi connectivity index (χ0n) is 9.70. The smallest absolute Gasteiger partial charge is 1.00 e. The van der Waals surface area contributed by atoms with Gasteiger partial charge in [-0.15, -0.1) is 0 Å². The first-order valence-corrected chi connectivity index (χ1v) is 4.02. The second kappa shape index (κ2) is 9.78. The molecule has 68 valence electrons. The van der Waals surface area contributed by atoms with Crippen LogP contribution in [0, 0.1) is 0 Å². The van der Waals surface area contributed by atoms with Crippen molar-refractivity contribution in [2.45, 2.75) is 20.8 Å². The monoisotopic (exact) mass is 190 g/mol. The minimum Gasteiger partial charge on any atom is -1.00 e. The van der Waals surface area contributed by atoms with E-state index >= 15 is 0 Å². The first-order chi connectivity index (χ1) is 5.79. The van der Waals surface area contributed by atoms with E-state index in [0.717, 1.165) is 0 Å². The van der Waals surface area contributed by atoms with Crippen molar-refractivity contribution in [2.24, 2.45) is 0 Å². The largest absolute Gasteiger partial charge is 1.00 e. The van der Waals surface area contributed by atoms with Crippen LogP contribution in [-0.2, 0) is 4.79 Å². The predicted molar refractivity (Wildman–Crippen MR) is 50.2 cm³/mol. The number of para-hydroxylation sites is 1. The molecule has 1 rings (SSSR count). The maximum atomic E-state index is 10.4. The summed E-state index contributed by atoms with van der Waals surface area (Å²) in [5.41, 5.74) is 0. The fourth-order valence-corrected chi connectivity index (χ4v) is 0.655. The quantitative estimate of drug-likeness (QED) is 0.347. The van der Waals surface area contributed by atoms with Crippen molar-refractivity contribution in [3.8, 4) is 5.75 Å². The van der Waals surface area contributed by atoms with Crippen LogP contribution in [-0.4, -0.2) is 5.97 Å². The molecule has 0 saturated carbocycles. The third-order valence-corrected chi connectivity index (χ3v) is 1.00. The summed E-state index contributed by atoms with van der Waals surface area (Å²) in [4.78, 5) is 10.4. The van der Waals surface area contributed by atoms with Crippen LogP contribution in [0.2, 0.25) is 0 Å². The number of carbonyl (C=O) groups excluding carboxylic acids is 1. The van der Waals surface area contributed by atoms with Crippen molar-refractivity contribution >= 4 is 5.97 Å². The molecular formula is C10H15NaO2. The summed E-state index contributed by atoms with van der Waals surface area (Å²) >= 11 is 0. The Morgan fingerprint density at radius 3 is 2.08 bits per heavy atom. The zero-order valence-corrected chi connectivity index (χ0v) is 10.7. The van der Waals surface area contributed by atoms with Gasteiger partial charge in [0.05, 0.1) is 0 Å². The van der Waals surface area contributed by atoms with E-state index in [2.05, 4.69) is 0 Å². The summed E-state index contributed by atoms with van der Waals surface area (Å²) in [5.74, 6) is 0.307. The summed E-state index contributed by atoms with van der Waals surface area (Å²) in [6.45, 7) is 5.38. The molecule has 3 heteroatoms. The van der Waals surface area contributed by atoms with E-state index in [-0.39, 0.29) is 37.0 Å². The summed E-state index contributed by atoms with van der Waals surface area (Å²) < 4.78 is 4.78. The molecule has 0 aliphatic rings. The molecule has 13 heavy (non-hydrogen) atoms. The van der Waals surface area contributed by atoms with Crippen LogP contribution < -0.4 is 34.3 Å². The third kappa shape index (κ3) is 8.03. The van der Waals surface area contributed by atoms with E-state index in [1.165, 1.54) is 6.92 Å². The molecule has 0 bridgehead atoms. The molecule has 0 saturated heterocycles. The van der Waals surface area contributed by atoms with E-state index in [9.17, 15) is 4.79 Å². The van der Waals surface area contributed by atoms with E-state index < -0.39 is 0 Å². The predicted octanol–water partition coefficient (Wildman–Crippen LogP) is -0.245. The Kier molecular flexibility index (Phi) is 11.4. The van der Waals surface area contributed by atoms with Crippen molar-refractivity contribution in [2.75, 3.05) is 0 Å². The Hall–Kier alpha value is -0.310. The molecule has 0 fully saturated rings. The molecule has 1 aromatic carbocycles. The average Bonchev–Trinajstić information content (AvgIpc) is 2.08. The Bertz CT molecular complexity index is 227. The van der Waals surface area contributed by atoms with Gasteiger partial charge in [0, 0.05) is 6.92 Å². The Morgan fingerprint density at radius 1 is 1.23 bits per heavy atom. The van der Waals surface area contributed by atoms with Gasteiger partial charge >= 0.3 is 35.5 Å². The first kappa shape index (κ1) is 15.2. The summed E-state index contributed by atoms with van der Waals surface area (Å²) in [5, 5.41) is 0. The van der Waals surface area contributed by atoms with Gasteiger partial charge in [-0.25, -0.2) is 0 Å². The molecule has 0 spiro atoms. The number of rotatable bonds is 1. The van der Waals surface area contributed by atoms with Gasteiger partial charge < -0.3 is 6.16 Å². The zero-order chi connectivity index (χ0) is 9.40. The SMILES string of the molecule is CC.CC(=O)Oc1ccccc1.[H-].[Na+]. The fourth-order valence-electron chi connectivity index (χ4n) is 0.655. The number of esters is 1. The van der Waals surface area contributed by atoms with Crippen LogP contribution in [0.4, 0.5) is 0 Å². The molecule has 0 unspecified atom stereocenters. The minimum atomic E-state index is -0.286. The first-order valence-electron chi connectivity index (χ1n) is 4.02. The molecule has 0 N–H and O–H groups in total. The number of ether oxygens (including phenoxy) is 1. The van der Waals surface area contributed by atoms with E-state index in [0.29, 0.717) is 5.75 Å². The topological polar surface area (TPSA) is 26.3 Å². The van der Waals surface area contributed by atoms with Crippen LogP contribution in [0.15, 0.2) is 30.3 Å². The van der Waals surface area contributed by atoms with Crippen LogP contribution in [0.25, 0.3) is 0 Å². The molecule has 0 atom stereocenters. The molecule has 2 nitrogen and oxygen atoms in total. The number of benzene rings is 1. The molecule has 0 heterocycles. The van der Waals surface area contributed by atoms with Crippen LogP contribution >= 0.6 is 0 Å². The molecule has 0 aliphatic heterocycles. The standard InChI is InChI=1S/C8H8O2.C2H6.Na.H/c1-7(9)10-8-5-3-2-4-6-8;1-2;;/h2-6H,1H3;1-2H3;;/q;;+1;-1. The Labute approximate surface area is 103 Å². The second-order valence-electron chi connectivity index (χ2n) is 1.91. The summed E-state index contributed by atoms with van der Waals surface area (Å²) in [7, 11) is 0. The van der Waals surface area contributed by atoms with Crippen molar-refractivity contribution in [1.29, 1.82) is 0 Å². The normalized spacial score (nSPS) is 7.31. The third-order valence-electron chi connectivity index (χ3n) is 1.00. The van der Waals surface area contributed by atoms with Gasteiger partial charge in [-0.2, -0.15) is 0 Å². The maximum absolute atomic E-state index is 10.4. The Morgan fingerprint density at radius 2 is 1.69 bits per heavy atom. The van der Waals surface area contributed by atoms with Crippen molar-refractivity contribution in [3.63, 3.8) is 0 Å². The van der Waals surface area contributed by atoms with E-state index in [1.807, 2.05) is 32.0 Å². The number of hydrogen-bond acceptors (Lipinski definition) is 2. The Balaban J connectivity index is -0.000000284. The van der Waals surface area contributed by atoms with Gasteiger partial charge in [-0.05, 0) is 12.1 Å². The molecule has 1 aromatic rings. The fraction of sp³-hybridized carbons (Fsp3) is 0.300. The van der Waals surface area contributed by atoms with Gasteiger partial charge in [0.2, 0.25) is 0 Å². The molecule has 0 amide bonds.